The highest BCUT2D eigenvalue weighted by molar-refractivity contribution is 5.94. The van der Waals surface area contributed by atoms with Gasteiger partial charge in [-0.05, 0) is 72.5 Å². The normalized spacial score (nSPS) is 10.8. The minimum atomic E-state index is -0.102. The second-order valence-electron chi connectivity index (χ2n) is 6.94. The maximum Gasteiger partial charge on any atom is 0.251 e. The van der Waals surface area contributed by atoms with Crippen molar-refractivity contribution in [2.24, 2.45) is 7.05 Å². The zero-order valence-electron chi connectivity index (χ0n) is 16.0. The second kappa shape index (κ2) is 7.61. The van der Waals surface area contributed by atoms with Crippen LogP contribution in [0.25, 0.3) is 10.9 Å². The maximum atomic E-state index is 12.4. The first kappa shape index (κ1) is 17.9. The summed E-state index contributed by atoms with van der Waals surface area (Å²) in [7, 11) is 2.02. The molecule has 0 fully saturated rings. The van der Waals surface area contributed by atoms with Crippen LogP contribution in [0.4, 0.5) is 0 Å². The Labute approximate surface area is 164 Å². The zero-order chi connectivity index (χ0) is 19.5. The molecule has 0 radical (unpaired) electrons. The molecule has 4 aromatic rings. The fourth-order valence-electron chi connectivity index (χ4n) is 3.14. The number of rotatable bonds is 5. The Hall–Kier alpha value is -3.53. The molecule has 4 heteroatoms. The minimum absolute atomic E-state index is 0.102. The van der Waals surface area contributed by atoms with Crippen LogP contribution in [0, 0.1) is 6.92 Å². The Morgan fingerprint density at radius 3 is 2.32 bits per heavy atom. The Morgan fingerprint density at radius 2 is 1.61 bits per heavy atom. The van der Waals surface area contributed by atoms with Crippen LogP contribution < -0.4 is 10.1 Å². The van der Waals surface area contributed by atoms with Gasteiger partial charge in [0.1, 0.15) is 11.5 Å². The zero-order valence-corrected chi connectivity index (χ0v) is 16.0. The Bertz CT molecular complexity index is 1110. The van der Waals surface area contributed by atoms with E-state index in [4.69, 9.17) is 4.74 Å². The molecule has 0 spiro atoms. The summed E-state index contributed by atoms with van der Waals surface area (Å²) in [5.41, 5.74) is 4.05. The number of aryl methyl sites for hydroxylation is 2. The Balaban J connectivity index is 1.38. The van der Waals surface area contributed by atoms with E-state index in [1.165, 1.54) is 16.5 Å². The molecule has 0 unspecified atom stereocenters. The number of aromatic nitrogens is 1. The van der Waals surface area contributed by atoms with E-state index < -0.39 is 0 Å². The summed E-state index contributed by atoms with van der Waals surface area (Å²) >= 11 is 0. The second-order valence-corrected chi connectivity index (χ2v) is 6.94. The SMILES string of the molecule is Cc1ccc(Oc2ccc(C(=O)NCc3ccc4c(ccn4C)c3)cc2)cc1. The van der Waals surface area contributed by atoms with E-state index in [2.05, 4.69) is 28.1 Å². The molecule has 1 amide bonds. The summed E-state index contributed by atoms with van der Waals surface area (Å²) in [6.07, 6.45) is 2.03. The average Bonchev–Trinajstić information content (AvgIpc) is 3.09. The molecule has 0 saturated carbocycles. The fourth-order valence-corrected chi connectivity index (χ4v) is 3.14. The van der Waals surface area contributed by atoms with Crippen molar-refractivity contribution < 1.29 is 9.53 Å². The molecule has 28 heavy (non-hydrogen) atoms. The minimum Gasteiger partial charge on any atom is -0.457 e. The van der Waals surface area contributed by atoms with E-state index in [0.29, 0.717) is 17.9 Å². The van der Waals surface area contributed by atoms with Crippen molar-refractivity contribution in [3.05, 3.63) is 95.7 Å². The molecule has 3 aromatic carbocycles. The number of hydrogen-bond donors (Lipinski definition) is 1. The van der Waals surface area contributed by atoms with E-state index in [1.807, 2.05) is 62.6 Å². The lowest BCUT2D eigenvalue weighted by Crippen LogP contribution is -2.22. The van der Waals surface area contributed by atoms with E-state index in [9.17, 15) is 4.79 Å². The van der Waals surface area contributed by atoms with Crippen molar-refractivity contribution in [3.63, 3.8) is 0 Å². The lowest BCUT2D eigenvalue weighted by molar-refractivity contribution is 0.0951. The summed E-state index contributed by atoms with van der Waals surface area (Å²) in [5.74, 6) is 1.38. The smallest absolute Gasteiger partial charge is 0.251 e. The molecular formula is C24H22N2O2. The lowest BCUT2D eigenvalue weighted by Gasteiger charge is -2.08. The molecule has 1 N–H and O–H groups in total. The number of hydrogen-bond acceptors (Lipinski definition) is 2. The van der Waals surface area contributed by atoms with Crippen LogP contribution in [0.15, 0.2) is 79.0 Å². The van der Waals surface area contributed by atoms with Crippen molar-refractivity contribution >= 4 is 16.8 Å². The summed E-state index contributed by atoms with van der Waals surface area (Å²) in [5, 5.41) is 4.15. The van der Waals surface area contributed by atoms with Gasteiger partial charge in [-0.1, -0.05) is 23.8 Å². The standard InChI is InChI=1S/C24H22N2O2/c1-17-3-8-21(9-4-17)28-22-10-6-19(7-11-22)24(27)25-16-18-5-12-23-20(15-18)13-14-26(23)2/h3-15H,16H2,1-2H3,(H,25,27). The van der Waals surface area contributed by atoms with Gasteiger partial charge >= 0.3 is 0 Å². The quantitative estimate of drug-likeness (QED) is 0.524. The Kier molecular flexibility index (Phi) is 4.85. The molecule has 0 bridgehead atoms. The van der Waals surface area contributed by atoms with E-state index in [0.717, 1.165) is 11.3 Å². The first-order valence-corrected chi connectivity index (χ1v) is 9.25. The third-order valence-corrected chi connectivity index (χ3v) is 4.78. The maximum absolute atomic E-state index is 12.4. The summed E-state index contributed by atoms with van der Waals surface area (Å²) < 4.78 is 7.89. The van der Waals surface area contributed by atoms with Gasteiger partial charge < -0.3 is 14.6 Å². The molecule has 0 aliphatic carbocycles. The van der Waals surface area contributed by atoms with Crippen molar-refractivity contribution in [2.75, 3.05) is 0 Å². The van der Waals surface area contributed by atoms with Crippen LogP contribution >= 0.6 is 0 Å². The molecule has 0 aliphatic heterocycles. The van der Waals surface area contributed by atoms with Crippen LogP contribution in [-0.4, -0.2) is 10.5 Å². The van der Waals surface area contributed by atoms with Gasteiger partial charge in [0.05, 0.1) is 0 Å². The number of fused-ring (bicyclic) bond motifs is 1. The van der Waals surface area contributed by atoms with Crippen LogP contribution in [0.2, 0.25) is 0 Å². The summed E-state index contributed by atoms with van der Waals surface area (Å²) in [6, 6.07) is 23.3. The average molecular weight is 370 g/mol. The highest BCUT2D eigenvalue weighted by atomic mass is 16.5. The number of ether oxygens (including phenoxy) is 1. The van der Waals surface area contributed by atoms with E-state index in [-0.39, 0.29) is 5.91 Å². The third kappa shape index (κ3) is 3.91. The third-order valence-electron chi connectivity index (χ3n) is 4.78. The first-order valence-electron chi connectivity index (χ1n) is 9.25. The van der Waals surface area contributed by atoms with Crippen LogP contribution in [-0.2, 0) is 13.6 Å². The molecule has 0 atom stereocenters. The van der Waals surface area contributed by atoms with Gasteiger partial charge in [-0.2, -0.15) is 0 Å². The van der Waals surface area contributed by atoms with Gasteiger partial charge in [0.2, 0.25) is 0 Å². The Morgan fingerprint density at radius 1 is 0.929 bits per heavy atom. The highest BCUT2D eigenvalue weighted by Gasteiger charge is 2.07. The first-order chi connectivity index (χ1) is 13.6. The highest BCUT2D eigenvalue weighted by Crippen LogP contribution is 2.22. The van der Waals surface area contributed by atoms with Crippen LogP contribution in [0.1, 0.15) is 21.5 Å². The number of amides is 1. The molecule has 4 nitrogen and oxygen atoms in total. The molecule has 1 aromatic heterocycles. The lowest BCUT2D eigenvalue weighted by atomic mass is 10.1. The van der Waals surface area contributed by atoms with Crippen LogP contribution in [0.5, 0.6) is 11.5 Å². The van der Waals surface area contributed by atoms with Gasteiger partial charge in [-0.3, -0.25) is 4.79 Å². The van der Waals surface area contributed by atoms with Crippen molar-refractivity contribution in [2.45, 2.75) is 13.5 Å². The summed E-state index contributed by atoms with van der Waals surface area (Å²) in [6.45, 7) is 2.53. The molecule has 1 heterocycles. The predicted molar refractivity (Wildman–Crippen MR) is 112 cm³/mol. The van der Waals surface area contributed by atoms with Crippen LogP contribution in [0.3, 0.4) is 0 Å². The molecular weight excluding hydrogens is 348 g/mol. The monoisotopic (exact) mass is 370 g/mol. The number of carbonyl (C=O) groups excluding carboxylic acids is 1. The van der Waals surface area contributed by atoms with Gasteiger partial charge in [-0.15, -0.1) is 0 Å². The number of benzene rings is 3. The number of nitrogens with one attached hydrogen (secondary N) is 1. The number of carbonyl (C=O) groups is 1. The van der Waals surface area contributed by atoms with Crippen molar-refractivity contribution in [1.82, 2.24) is 9.88 Å². The largest absolute Gasteiger partial charge is 0.457 e. The fraction of sp³-hybridized carbons (Fsp3) is 0.125. The molecule has 140 valence electrons. The van der Waals surface area contributed by atoms with Crippen molar-refractivity contribution in [1.29, 1.82) is 0 Å². The summed E-state index contributed by atoms with van der Waals surface area (Å²) in [4.78, 5) is 12.4. The predicted octanol–water partition coefficient (Wildman–Crippen LogP) is 5.21. The molecule has 0 aliphatic rings. The topological polar surface area (TPSA) is 43.3 Å². The van der Waals surface area contributed by atoms with Gasteiger partial charge in [-0.25, -0.2) is 0 Å². The molecule has 0 saturated heterocycles. The number of nitrogens with zero attached hydrogens (tertiary/aromatic N) is 1. The van der Waals surface area contributed by atoms with E-state index >= 15 is 0 Å². The van der Waals surface area contributed by atoms with Gasteiger partial charge in [0, 0.05) is 30.9 Å². The van der Waals surface area contributed by atoms with Gasteiger partial charge in [0.15, 0.2) is 0 Å². The van der Waals surface area contributed by atoms with Gasteiger partial charge in [0.25, 0.3) is 5.91 Å². The molecule has 4 rings (SSSR count). The van der Waals surface area contributed by atoms with Crippen molar-refractivity contribution in [3.8, 4) is 11.5 Å². The van der Waals surface area contributed by atoms with E-state index in [1.54, 1.807) is 12.1 Å².